The van der Waals surface area contributed by atoms with Gasteiger partial charge in [-0.05, 0) is 19.4 Å². The standard InChI is InChI=1S/C16H18F3N3O/c1-10-3-4-22-9-20-15(7-16(22)21(10)2)23-8-11-5-13(18)14(19)6-12(11)17/h5-7,10H,3-4,8-9H2,1-2H3. The summed E-state index contributed by atoms with van der Waals surface area (Å²) in [5, 5.41) is 0. The summed E-state index contributed by atoms with van der Waals surface area (Å²) < 4.78 is 45.2. The summed E-state index contributed by atoms with van der Waals surface area (Å²) in [7, 11) is 2.00. The van der Waals surface area contributed by atoms with Crippen LogP contribution in [0.4, 0.5) is 13.2 Å². The first-order chi connectivity index (χ1) is 11.0. The number of benzene rings is 1. The van der Waals surface area contributed by atoms with Crippen molar-refractivity contribution in [3.63, 3.8) is 0 Å². The van der Waals surface area contributed by atoms with Crippen molar-refractivity contribution in [2.75, 3.05) is 20.3 Å². The normalized spacial score (nSPS) is 20.8. The van der Waals surface area contributed by atoms with Gasteiger partial charge < -0.3 is 14.5 Å². The molecule has 23 heavy (non-hydrogen) atoms. The van der Waals surface area contributed by atoms with Crippen LogP contribution in [0.15, 0.2) is 29.0 Å². The van der Waals surface area contributed by atoms with E-state index in [0.717, 1.165) is 24.9 Å². The highest BCUT2D eigenvalue weighted by atomic mass is 19.2. The Morgan fingerprint density at radius 3 is 2.74 bits per heavy atom. The molecule has 7 heteroatoms. The summed E-state index contributed by atoms with van der Waals surface area (Å²) in [5.74, 6) is -1.78. The van der Waals surface area contributed by atoms with Crippen molar-refractivity contribution in [3.8, 4) is 0 Å². The fourth-order valence-electron chi connectivity index (χ4n) is 2.66. The molecular weight excluding hydrogens is 307 g/mol. The second-order valence-corrected chi connectivity index (χ2v) is 5.80. The van der Waals surface area contributed by atoms with Gasteiger partial charge in [0.25, 0.3) is 0 Å². The number of aliphatic imine (C=N–C) groups is 1. The zero-order valence-corrected chi connectivity index (χ0v) is 13.0. The number of ether oxygens (including phenoxy) is 1. The lowest BCUT2D eigenvalue weighted by molar-refractivity contribution is 0.133. The molecule has 0 aromatic heterocycles. The molecule has 0 bridgehead atoms. The maximum Gasteiger partial charge on any atom is 0.214 e. The molecule has 0 radical (unpaired) electrons. The molecule has 0 amide bonds. The van der Waals surface area contributed by atoms with Crippen LogP contribution in [0.1, 0.15) is 18.9 Å². The molecule has 3 rings (SSSR count). The number of hydrogen-bond donors (Lipinski definition) is 0. The molecule has 2 aliphatic rings. The number of hydrogen-bond acceptors (Lipinski definition) is 4. The molecule has 0 saturated carbocycles. The molecule has 2 aliphatic heterocycles. The fraction of sp³-hybridized carbons (Fsp3) is 0.438. The Labute approximate surface area is 132 Å². The zero-order chi connectivity index (χ0) is 16.6. The van der Waals surface area contributed by atoms with Gasteiger partial charge in [-0.15, -0.1) is 0 Å². The number of rotatable bonds is 2. The van der Waals surface area contributed by atoms with E-state index in [1.807, 2.05) is 7.05 Å². The van der Waals surface area contributed by atoms with Gasteiger partial charge in [-0.1, -0.05) is 0 Å². The first kappa shape index (κ1) is 15.7. The Morgan fingerprint density at radius 1 is 1.22 bits per heavy atom. The minimum Gasteiger partial charge on any atom is -0.473 e. The van der Waals surface area contributed by atoms with Gasteiger partial charge in [0.2, 0.25) is 5.90 Å². The molecule has 1 unspecified atom stereocenters. The van der Waals surface area contributed by atoms with E-state index in [1.165, 1.54) is 0 Å². The number of fused-ring (bicyclic) bond motifs is 1. The molecule has 1 aromatic rings. The second kappa shape index (κ2) is 6.14. The molecule has 1 aromatic carbocycles. The van der Waals surface area contributed by atoms with E-state index in [-0.39, 0.29) is 12.2 Å². The van der Waals surface area contributed by atoms with Gasteiger partial charge in [0.1, 0.15) is 24.9 Å². The summed E-state index contributed by atoms with van der Waals surface area (Å²) in [6.07, 6.45) is 2.84. The molecule has 1 fully saturated rings. The van der Waals surface area contributed by atoms with E-state index in [4.69, 9.17) is 4.74 Å². The van der Waals surface area contributed by atoms with Gasteiger partial charge in [-0.2, -0.15) is 0 Å². The van der Waals surface area contributed by atoms with Crippen molar-refractivity contribution < 1.29 is 17.9 Å². The monoisotopic (exact) mass is 325 g/mol. The molecule has 0 N–H and O–H groups in total. The quantitative estimate of drug-likeness (QED) is 0.783. The lowest BCUT2D eigenvalue weighted by Gasteiger charge is -2.43. The van der Waals surface area contributed by atoms with Crippen LogP contribution in [-0.4, -0.2) is 42.0 Å². The molecular formula is C16H18F3N3O. The first-order valence-corrected chi connectivity index (χ1v) is 7.46. The highest BCUT2D eigenvalue weighted by Gasteiger charge is 2.27. The van der Waals surface area contributed by atoms with Crippen LogP contribution in [0.25, 0.3) is 0 Å². The molecule has 1 saturated heterocycles. The molecule has 1 atom stereocenters. The van der Waals surface area contributed by atoms with Crippen LogP contribution < -0.4 is 0 Å². The van der Waals surface area contributed by atoms with Gasteiger partial charge in [0.05, 0.1) is 0 Å². The summed E-state index contributed by atoms with van der Waals surface area (Å²) >= 11 is 0. The maximum absolute atomic E-state index is 13.6. The van der Waals surface area contributed by atoms with E-state index in [0.29, 0.717) is 24.7 Å². The zero-order valence-electron chi connectivity index (χ0n) is 13.0. The average molecular weight is 325 g/mol. The van der Waals surface area contributed by atoms with Crippen LogP contribution in [0.2, 0.25) is 0 Å². The summed E-state index contributed by atoms with van der Waals surface area (Å²) in [6, 6.07) is 1.75. The van der Waals surface area contributed by atoms with Gasteiger partial charge in [0, 0.05) is 37.3 Å². The maximum atomic E-state index is 13.6. The molecule has 2 heterocycles. The van der Waals surface area contributed by atoms with Gasteiger partial charge >= 0.3 is 0 Å². The van der Waals surface area contributed by atoms with Crippen molar-refractivity contribution >= 4 is 5.90 Å². The van der Waals surface area contributed by atoms with E-state index in [9.17, 15) is 13.2 Å². The Kier molecular flexibility index (Phi) is 4.19. The van der Waals surface area contributed by atoms with Crippen molar-refractivity contribution in [2.45, 2.75) is 26.0 Å². The van der Waals surface area contributed by atoms with E-state index in [2.05, 4.69) is 21.7 Å². The van der Waals surface area contributed by atoms with Crippen molar-refractivity contribution in [1.82, 2.24) is 9.80 Å². The third-order valence-corrected chi connectivity index (χ3v) is 4.28. The summed E-state index contributed by atoms with van der Waals surface area (Å²) in [4.78, 5) is 8.55. The molecule has 0 spiro atoms. The highest BCUT2D eigenvalue weighted by molar-refractivity contribution is 5.88. The Bertz CT molecular complexity index is 675. The van der Waals surface area contributed by atoms with Gasteiger partial charge in [-0.3, -0.25) is 0 Å². The highest BCUT2D eigenvalue weighted by Crippen LogP contribution is 2.24. The van der Waals surface area contributed by atoms with Crippen LogP contribution >= 0.6 is 0 Å². The van der Waals surface area contributed by atoms with Crippen LogP contribution in [0.5, 0.6) is 0 Å². The SMILES string of the molecule is CC1CCN2CN=C(OCc3cc(F)c(F)cc3F)C=C2N1C. The van der Waals surface area contributed by atoms with E-state index in [1.54, 1.807) is 6.08 Å². The third kappa shape index (κ3) is 3.13. The Balaban J connectivity index is 1.71. The minimum absolute atomic E-state index is 0.0437. The number of nitrogens with zero attached hydrogens (tertiary/aromatic N) is 3. The smallest absolute Gasteiger partial charge is 0.214 e. The van der Waals surface area contributed by atoms with E-state index < -0.39 is 17.5 Å². The third-order valence-electron chi connectivity index (χ3n) is 4.28. The van der Waals surface area contributed by atoms with Crippen molar-refractivity contribution in [2.24, 2.45) is 4.99 Å². The van der Waals surface area contributed by atoms with Crippen LogP contribution in [-0.2, 0) is 11.3 Å². The Hall–Kier alpha value is -2.18. The first-order valence-electron chi connectivity index (χ1n) is 7.46. The average Bonchev–Trinajstić information content (AvgIpc) is 2.53. The van der Waals surface area contributed by atoms with Crippen LogP contribution in [0.3, 0.4) is 0 Å². The minimum atomic E-state index is -1.21. The Morgan fingerprint density at radius 2 is 1.96 bits per heavy atom. The predicted molar refractivity (Wildman–Crippen MR) is 80.0 cm³/mol. The van der Waals surface area contributed by atoms with Crippen molar-refractivity contribution in [1.29, 1.82) is 0 Å². The van der Waals surface area contributed by atoms with Crippen molar-refractivity contribution in [3.05, 3.63) is 47.0 Å². The molecule has 0 aliphatic carbocycles. The lowest BCUT2D eigenvalue weighted by atomic mass is 10.1. The second-order valence-electron chi connectivity index (χ2n) is 5.80. The predicted octanol–water partition coefficient (Wildman–Crippen LogP) is 2.86. The summed E-state index contributed by atoms with van der Waals surface area (Å²) in [5.41, 5.74) is -0.0437. The van der Waals surface area contributed by atoms with Gasteiger partial charge in [-0.25, -0.2) is 18.2 Å². The van der Waals surface area contributed by atoms with E-state index >= 15 is 0 Å². The molecule has 124 valence electrons. The van der Waals surface area contributed by atoms with Gasteiger partial charge in [0.15, 0.2) is 11.6 Å². The molecule has 4 nitrogen and oxygen atoms in total. The van der Waals surface area contributed by atoms with Crippen LogP contribution in [0, 0.1) is 17.5 Å². The summed E-state index contributed by atoms with van der Waals surface area (Å²) in [6.45, 7) is 3.33. The number of halogens is 3. The topological polar surface area (TPSA) is 28.1 Å². The fourth-order valence-corrected chi connectivity index (χ4v) is 2.66. The lowest BCUT2D eigenvalue weighted by Crippen LogP contribution is -2.47. The largest absolute Gasteiger partial charge is 0.473 e.